The van der Waals surface area contributed by atoms with Crippen molar-refractivity contribution in [3.05, 3.63) is 52.6 Å². The number of halogens is 1. The molecule has 0 fully saturated rings. The fourth-order valence-electron chi connectivity index (χ4n) is 1.83. The molecule has 0 radical (unpaired) electrons. The third-order valence-corrected chi connectivity index (χ3v) is 3.11. The lowest BCUT2D eigenvalue weighted by molar-refractivity contribution is 0.0952. The summed E-state index contributed by atoms with van der Waals surface area (Å²) in [6, 6.07) is 5.32. The number of benzene rings is 1. The van der Waals surface area contributed by atoms with Crippen LogP contribution >= 0.6 is 11.6 Å². The predicted octanol–water partition coefficient (Wildman–Crippen LogP) is 2.73. The number of carbonyl (C=O) groups is 1. The number of carbonyl (C=O) groups excluding carboxylic acids is 1. The predicted molar refractivity (Wildman–Crippen MR) is 75.4 cm³/mol. The van der Waals surface area contributed by atoms with Crippen molar-refractivity contribution in [2.45, 2.75) is 19.8 Å². The number of amides is 1. The highest BCUT2D eigenvalue weighted by molar-refractivity contribution is 6.31. The molecule has 1 aromatic heterocycles. The van der Waals surface area contributed by atoms with Gasteiger partial charge in [0.1, 0.15) is 5.82 Å². The zero-order valence-corrected chi connectivity index (χ0v) is 11.5. The number of aromatic nitrogens is 2. The molecular formula is C14H16ClN3O. The summed E-state index contributed by atoms with van der Waals surface area (Å²) in [5.74, 6) is 0.854. The fraction of sp³-hybridized carbons (Fsp3) is 0.286. The average Bonchev–Trinajstić information content (AvgIpc) is 2.90. The van der Waals surface area contributed by atoms with Crippen molar-refractivity contribution in [2.24, 2.45) is 0 Å². The molecule has 1 aromatic carbocycles. The topological polar surface area (TPSA) is 57.8 Å². The molecule has 0 unspecified atom stereocenters. The lowest BCUT2D eigenvalue weighted by Gasteiger charge is -2.07. The van der Waals surface area contributed by atoms with Gasteiger partial charge in [-0.3, -0.25) is 4.79 Å². The van der Waals surface area contributed by atoms with Gasteiger partial charge in [-0.2, -0.15) is 0 Å². The summed E-state index contributed by atoms with van der Waals surface area (Å²) in [4.78, 5) is 19.1. The van der Waals surface area contributed by atoms with Crippen LogP contribution in [0.25, 0.3) is 0 Å². The fourth-order valence-corrected chi connectivity index (χ4v) is 2.00. The zero-order valence-electron chi connectivity index (χ0n) is 10.7. The van der Waals surface area contributed by atoms with Crippen LogP contribution in [0.15, 0.2) is 30.6 Å². The van der Waals surface area contributed by atoms with Crippen LogP contribution in [0.1, 0.15) is 28.2 Å². The first-order chi connectivity index (χ1) is 9.16. The molecule has 4 nitrogen and oxygen atoms in total. The quantitative estimate of drug-likeness (QED) is 0.826. The summed E-state index contributed by atoms with van der Waals surface area (Å²) >= 11 is 5.90. The van der Waals surface area contributed by atoms with Crippen LogP contribution in [0.3, 0.4) is 0 Å². The lowest BCUT2D eigenvalue weighted by Crippen LogP contribution is -2.25. The van der Waals surface area contributed by atoms with Crippen LogP contribution in [0.2, 0.25) is 5.02 Å². The molecule has 0 saturated heterocycles. The zero-order chi connectivity index (χ0) is 13.7. The second-order valence-electron chi connectivity index (χ2n) is 4.35. The number of hydrogen-bond acceptors (Lipinski definition) is 2. The minimum absolute atomic E-state index is 0.0838. The Bertz CT molecular complexity index is 552. The smallest absolute Gasteiger partial charge is 0.251 e. The van der Waals surface area contributed by atoms with E-state index < -0.39 is 0 Å². The molecule has 0 bridgehead atoms. The minimum Gasteiger partial charge on any atom is -0.352 e. The molecule has 100 valence electrons. The molecule has 5 heteroatoms. The van der Waals surface area contributed by atoms with E-state index in [2.05, 4.69) is 15.3 Å². The Morgan fingerprint density at radius 2 is 2.32 bits per heavy atom. The maximum Gasteiger partial charge on any atom is 0.251 e. The number of aromatic amines is 1. The Hall–Kier alpha value is -1.81. The highest BCUT2D eigenvalue weighted by Crippen LogP contribution is 2.15. The van der Waals surface area contributed by atoms with E-state index >= 15 is 0 Å². The SMILES string of the molecule is Cc1ccc(Cl)cc1C(=O)NCCCc1ncc[nH]1. The molecule has 0 aliphatic heterocycles. The molecule has 1 heterocycles. The van der Waals surface area contributed by atoms with Gasteiger partial charge in [0.05, 0.1) is 0 Å². The molecule has 19 heavy (non-hydrogen) atoms. The highest BCUT2D eigenvalue weighted by Gasteiger charge is 2.08. The molecule has 0 spiro atoms. The van der Waals surface area contributed by atoms with Crippen LogP contribution in [0.4, 0.5) is 0 Å². The standard InChI is InChI=1S/C14H16ClN3O/c1-10-4-5-11(15)9-12(10)14(19)18-6-2-3-13-16-7-8-17-13/h4-5,7-9H,2-3,6H2,1H3,(H,16,17)(H,18,19). The second kappa shape index (κ2) is 6.38. The molecule has 0 aliphatic rings. The summed E-state index contributed by atoms with van der Waals surface area (Å²) in [7, 11) is 0. The summed E-state index contributed by atoms with van der Waals surface area (Å²) in [6.45, 7) is 2.51. The Morgan fingerprint density at radius 3 is 3.05 bits per heavy atom. The van der Waals surface area contributed by atoms with E-state index in [-0.39, 0.29) is 5.91 Å². The van der Waals surface area contributed by atoms with Crippen molar-refractivity contribution in [3.63, 3.8) is 0 Å². The van der Waals surface area contributed by atoms with Gasteiger partial charge in [-0.15, -0.1) is 0 Å². The van der Waals surface area contributed by atoms with Gasteiger partial charge in [0.15, 0.2) is 0 Å². The van der Waals surface area contributed by atoms with Crippen LogP contribution in [0.5, 0.6) is 0 Å². The van der Waals surface area contributed by atoms with Gasteiger partial charge < -0.3 is 10.3 Å². The summed E-state index contributed by atoms with van der Waals surface area (Å²) in [5.41, 5.74) is 1.55. The number of imidazole rings is 1. The maximum absolute atomic E-state index is 12.0. The largest absolute Gasteiger partial charge is 0.352 e. The average molecular weight is 278 g/mol. The van der Waals surface area contributed by atoms with E-state index in [1.807, 2.05) is 13.0 Å². The van der Waals surface area contributed by atoms with Crippen molar-refractivity contribution in [3.8, 4) is 0 Å². The monoisotopic (exact) mass is 277 g/mol. The number of hydrogen-bond donors (Lipinski definition) is 2. The first-order valence-electron chi connectivity index (χ1n) is 6.19. The molecule has 0 aliphatic carbocycles. The van der Waals surface area contributed by atoms with Gasteiger partial charge in [0.25, 0.3) is 5.91 Å². The van der Waals surface area contributed by atoms with Gasteiger partial charge in [0, 0.05) is 35.9 Å². The normalized spacial score (nSPS) is 10.4. The van der Waals surface area contributed by atoms with Crippen molar-refractivity contribution < 1.29 is 4.79 Å². The summed E-state index contributed by atoms with van der Waals surface area (Å²) in [6.07, 6.45) is 5.19. The van der Waals surface area contributed by atoms with Gasteiger partial charge in [0.2, 0.25) is 0 Å². The first-order valence-corrected chi connectivity index (χ1v) is 6.57. The van der Waals surface area contributed by atoms with E-state index in [0.717, 1.165) is 24.2 Å². The van der Waals surface area contributed by atoms with E-state index in [9.17, 15) is 4.79 Å². The molecular weight excluding hydrogens is 262 g/mol. The van der Waals surface area contributed by atoms with Gasteiger partial charge in [-0.05, 0) is 31.0 Å². The molecule has 1 amide bonds. The van der Waals surface area contributed by atoms with Crippen molar-refractivity contribution in [1.29, 1.82) is 0 Å². The minimum atomic E-state index is -0.0838. The van der Waals surface area contributed by atoms with Gasteiger partial charge in [-0.1, -0.05) is 17.7 Å². The number of rotatable bonds is 5. The molecule has 0 atom stereocenters. The Kier molecular flexibility index (Phi) is 4.58. The highest BCUT2D eigenvalue weighted by atomic mass is 35.5. The van der Waals surface area contributed by atoms with E-state index in [1.165, 1.54) is 0 Å². The van der Waals surface area contributed by atoms with Crippen molar-refractivity contribution >= 4 is 17.5 Å². The Morgan fingerprint density at radius 1 is 1.47 bits per heavy atom. The van der Waals surface area contributed by atoms with Crippen LogP contribution < -0.4 is 5.32 Å². The molecule has 2 aromatic rings. The maximum atomic E-state index is 12.0. The number of H-pyrrole nitrogens is 1. The number of nitrogens with one attached hydrogen (secondary N) is 2. The van der Waals surface area contributed by atoms with Crippen LogP contribution in [-0.4, -0.2) is 22.4 Å². The third kappa shape index (κ3) is 3.83. The summed E-state index contributed by atoms with van der Waals surface area (Å²) < 4.78 is 0. The van der Waals surface area contributed by atoms with Gasteiger partial charge >= 0.3 is 0 Å². The van der Waals surface area contributed by atoms with E-state index in [0.29, 0.717) is 17.1 Å². The second-order valence-corrected chi connectivity index (χ2v) is 4.79. The van der Waals surface area contributed by atoms with Crippen molar-refractivity contribution in [2.75, 3.05) is 6.54 Å². The lowest BCUT2D eigenvalue weighted by atomic mass is 10.1. The van der Waals surface area contributed by atoms with Crippen LogP contribution in [-0.2, 0) is 6.42 Å². The third-order valence-electron chi connectivity index (χ3n) is 2.88. The number of nitrogens with zero attached hydrogens (tertiary/aromatic N) is 1. The molecule has 2 rings (SSSR count). The molecule has 0 saturated carbocycles. The Balaban J connectivity index is 1.82. The van der Waals surface area contributed by atoms with E-state index in [4.69, 9.17) is 11.6 Å². The summed E-state index contributed by atoms with van der Waals surface area (Å²) in [5, 5.41) is 3.47. The van der Waals surface area contributed by atoms with Crippen LogP contribution in [0, 0.1) is 6.92 Å². The van der Waals surface area contributed by atoms with Crippen molar-refractivity contribution in [1.82, 2.24) is 15.3 Å². The number of aryl methyl sites for hydroxylation is 2. The van der Waals surface area contributed by atoms with E-state index in [1.54, 1.807) is 24.5 Å². The van der Waals surface area contributed by atoms with Gasteiger partial charge in [-0.25, -0.2) is 4.98 Å². The Labute approximate surface area is 117 Å². The molecule has 2 N–H and O–H groups in total. The first kappa shape index (κ1) is 13.6.